The Kier molecular flexibility index (Phi) is 1.74. The molecular weight excluding hydrogens is 201 g/mol. The molecule has 11 heavy (non-hydrogen) atoms. The molecular formula is C8H5BBrN. The van der Waals surface area contributed by atoms with Gasteiger partial charge in [0, 0.05) is 0 Å². The first-order chi connectivity index (χ1) is 5.36. The maximum absolute atomic E-state index is 4.12. The number of benzene rings is 1. The van der Waals surface area contributed by atoms with Gasteiger partial charge >= 0.3 is 73.5 Å². The normalized spacial score (nSPS) is 9.91. The Morgan fingerprint density at radius 1 is 1.27 bits per heavy atom. The van der Waals surface area contributed by atoms with Crippen molar-refractivity contribution in [2.75, 3.05) is 0 Å². The number of nitrogens with zero attached hydrogens (tertiary/aromatic N) is 1. The van der Waals surface area contributed by atoms with E-state index in [1.54, 1.807) is 0 Å². The Morgan fingerprint density at radius 2 is 2.09 bits per heavy atom. The van der Waals surface area contributed by atoms with Gasteiger partial charge in [0.05, 0.1) is 0 Å². The van der Waals surface area contributed by atoms with Crippen LogP contribution in [0.5, 0.6) is 0 Å². The summed E-state index contributed by atoms with van der Waals surface area (Å²) in [6.45, 7) is 0. The Bertz CT molecular complexity index is 389. The summed E-state index contributed by atoms with van der Waals surface area (Å²) >= 11 is 3.32. The van der Waals surface area contributed by atoms with Gasteiger partial charge in [-0.3, -0.25) is 0 Å². The second-order valence-electron chi connectivity index (χ2n) is 2.35. The van der Waals surface area contributed by atoms with Crippen molar-refractivity contribution in [2.45, 2.75) is 0 Å². The van der Waals surface area contributed by atoms with Crippen molar-refractivity contribution in [1.82, 2.24) is 4.89 Å². The van der Waals surface area contributed by atoms with Crippen LogP contribution >= 0.6 is 15.9 Å². The third-order valence-corrected chi connectivity index (χ3v) is 2.03. The maximum atomic E-state index is 4.12. The molecule has 0 aliphatic heterocycles. The van der Waals surface area contributed by atoms with Crippen molar-refractivity contribution in [3.63, 3.8) is 0 Å². The van der Waals surface area contributed by atoms with E-state index >= 15 is 0 Å². The van der Waals surface area contributed by atoms with Gasteiger partial charge in [0.15, 0.2) is 0 Å². The molecule has 1 heterocycles. The van der Waals surface area contributed by atoms with Crippen LogP contribution in [0.4, 0.5) is 0 Å². The molecule has 1 aromatic heterocycles. The van der Waals surface area contributed by atoms with Crippen molar-refractivity contribution in [3.05, 3.63) is 34.9 Å². The van der Waals surface area contributed by atoms with Crippen LogP contribution in [0.3, 0.4) is 0 Å². The summed E-state index contributed by atoms with van der Waals surface area (Å²) in [6.07, 6.45) is 0. The van der Waals surface area contributed by atoms with Crippen molar-refractivity contribution < 1.29 is 0 Å². The molecule has 0 aliphatic carbocycles. The van der Waals surface area contributed by atoms with E-state index in [1.165, 1.54) is 10.7 Å². The van der Waals surface area contributed by atoms with Gasteiger partial charge in [0.2, 0.25) is 0 Å². The van der Waals surface area contributed by atoms with Gasteiger partial charge in [-0.15, -0.1) is 0 Å². The van der Waals surface area contributed by atoms with Crippen molar-refractivity contribution in [3.8, 4) is 0 Å². The SMILES string of the molecule is Brc1cc2ccccc2bn1. The van der Waals surface area contributed by atoms with E-state index in [2.05, 4.69) is 33.0 Å². The zero-order valence-corrected chi connectivity index (χ0v) is 7.38. The number of rotatable bonds is 0. The topological polar surface area (TPSA) is 12.9 Å². The van der Waals surface area contributed by atoms with Crippen molar-refractivity contribution in [1.29, 1.82) is 0 Å². The number of halogens is 1. The molecule has 3 heteroatoms. The minimum absolute atomic E-state index is 0.885. The Hall–Kier alpha value is -0.695. The molecule has 0 fully saturated rings. The molecule has 1 aromatic carbocycles. The molecule has 0 atom stereocenters. The zero-order chi connectivity index (χ0) is 7.68. The summed E-state index contributed by atoms with van der Waals surface area (Å²) in [6, 6.07) is 10.2. The molecule has 0 aliphatic rings. The standard InChI is InChI=1S/C8H5BBrN/c10-8-5-6-3-1-2-4-7(6)9-11-8/h1-5H. The monoisotopic (exact) mass is 205 g/mol. The Balaban J connectivity index is 2.83. The number of aromatic nitrogens is 1. The van der Waals surface area contributed by atoms with Gasteiger partial charge < -0.3 is 0 Å². The third kappa shape index (κ3) is 1.33. The van der Waals surface area contributed by atoms with E-state index in [0.717, 1.165) is 4.60 Å². The second kappa shape index (κ2) is 2.74. The minimum atomic E-state index is 0.885. The number of hydrogen-bond donors (Lipinski definition) is 0. The van der Waals surface area contributed by atoms with Crippen LogP contribution in [0.2, 0.25) is 0 Å². The van der Waals surface area contributed by atoms with E-state index in [0.29, 0.717) is 0 Å². The van der Waals surface area contributed by atoms with E-state index in [-0.39, 0.29) is 0 Å². The fourth-order valence-corrected chi connectivity index (χ4v) is 1.41. The fraction of sp³-hybridized carbons (Fsp3) is 0. The first-order valence-corrected chi connectivity index (χ1v) is 4.16. The van der Waals surface area contributed by atoms with E-state index in [9.17, 15) is 0 Å². The second-order valence-corrected chi connectivity index (χ2v) is 3.17. The molecule has 0 radical (unpaired) electrons. The Labute approximate surface area is 73.8 Å². The van der Waals surface area contributed by atoms with Gasteiger partial charge in [0.1, 0.15) is 0 Å². The van der Waals surface area contributed by atoms with Crippen LogP contribution in [0, 0.1) is 0 Å². The van der Waals surface area contributed by atoms with Crippen LogP contribution in [0.15, 0.2) is 34.9 Å². The summed E-state index contributed by atoms with van der Waals surface area (Å²) in [5.41, 5.74) is 0. The summed E-state index contributed by atoms with van der Waals surface area (Å²) in [4.78, 5) is 4.12. The van der Waals surface area contributed by atoms with Gasteiger partial charge in [-0.1, -0.05) is 0 Å². The molecule has 0 spiro atoms. The fourth-order valence-electron chi connectivity index (χ4n) is 1.06. The summed E-state index contributed by atoms with van der Waals surface area (Å²) in [5, 5.41) is 2.39. The summed E-state index contributed by atoms with van der Waals surface area (Å²) in [5.74, 6) is 0. The van der Waals surface area contributed by atoms with Crippen LogP contribution < -0.4 is 0 Å². The molecule has 0 amide bonds. The molecule has 1 nitrogen and oxygen atoms in total. The molecule has 0 unspecified atom stereocenters. The van der Waals surface area contributed by atoms with Gasteiger partial charge in [-0.25, -0.2) is 0 Å². The molecule has 0 N–H and O–H groups in total. The average Bonchev–Trinajstić information content (AvgIpc) is 2.04. The van der Waals surface area contributed by atoms with Crippen LogP contribution in [0.25, 0.3) is 10.7 Å². The van der Waals surface area contributed by atoms with Crippen LogP contribution in [0.1, 0.15) is 0 Å². The quantitative estimate of drug-likeness (QED) is 0.644. The summed E-state index contributed by atoms with van der Waals surface area (Å²) < 4.78 is 0.885. The molecule has 2 rings (SSSR count). The van der Waals surface area contributed by atoms with Gasteiger partial charge in [0.25, 0.3) is 0 Å². The zero-order valence-electron chi connectivity index (χ0n) is 5.79. The Morgan fingerprint density at radius 3 is 3.00 bits per heavy atom. The number of hydrogen-bond acceptors (Lipinski definition) is 1. The molecule has 52 valence electrons. The van der Waals surface area contributed by atoms with Gasteiger partial charge in [-0.2, -0.15) is 0 Å². The average molecular weight is 206 g/mol. The predicted molar refractivity (Wildman–Crippen MR) is 50.8 cm³/mol. The van der Waals surface area contributed by atoms with Crippen molar-refractivity contribution >= 4 is 33.7 Å². The third-order valence-electron chi connectivity index (χ3n) is 1.60. The predicted octanol–water partition coefficient (Wildman–Crippen LogP) is 2.34. The molecule has 0 saturated heterocycles. The van der Waals surface area contributed by atoms with Crippen LogP contribution in [-0.4, -0.2) is 11.9 Å². The van der Waals surface area contributed by atoms with Gasteiger partial charge in [-0.05, 0) is 0 Å². The summed E-state index contributed by atoms with van der Waals surface area (Å²) in [7, 11) is 1.86. The van der Waals surface area contributed by atoms with Crippen LogP contribution in [-0.2, 0) is 0 Å². The van der Waals surface area contributed by atoms with Crippen molar-refractivity contribution in [2.24, 2.45) is 0 Å². The van der Waals surface area contributed by atoms with E-state index < -0.39 is 0 Å². The number of fused-ring (bicyclic) bond motifs is 1. The first kappa shape index (κ1) is 6.98. The molecule has 0 saturated carbocycles. The van der Waals surface area contributed by atoms with E-state index in [4.69, 9.17) is 0 Å². The molecule has 2 aromatic rings. The first-order valence-electron chi connectivity index (χ1n) is 3.36. The molecule has 0 bridgehead atoms. The van der Waals surface area contributed by atoms with E-state index in [1.807, 2.05) is 25.3 Å².